The third-order valence-corrected chi connectivity index (χ3v) is 3.26. The number of phenols is 1. The quantitative estimate of drug-likeness (QED) is 0.704. The number of hydrogen-bond acceptors (Lipinski definition) is 3. The van der Waals surface area contributed by atoms with Crippen LogP contribution in [-0.2, 0) is 0 Å². The fourth-order valence-corrected chi connectivity index (χ4v) is 1.78. The van der Waals surface area contributed by atoms with Gasteiger partial charge < -0.3 is 15.5 Å². The van der Waals surface area contributed by atoms with Crippen LogP contribution in [0.15, 0.2) is 18.2 Å². The van der Waals surface area contributed by atoms with E-state index in [1.165, 1.54) is 18.2 Å². The van der Waals surface area contributed by atoms with Gasteiger partial charge >= 0.3 is 0 Å². The molecule has 0 bridgehead atoms. The molecule has 5 heteroatoms. The van der Waals surface area contributed by atoms with Crippen molar-refractivity contribution in [2.24, 2.45) is 5.41 Å². The van der Waals surface area contributed by atoms with Crippen LogP contribution < -0.4 is 5.32 Å². The zero-order chi connectivity index (χ0) is 14.5. The molecule has 0 aliphatic carbocycles. The lowest BCUT2D eigenvalue weighted by Gasteiger charge is -2.21. The first-order valence-corrected chi connectivity index (χ1v) is 6.61. The van der Waals surface area contributed by atoms with Crippen LogP contribution in [0.3, 0.4) is 0 Å². The number of hydrogen-bond donors (Lipinski definition) is 3. The third-order valence-electron chi connectivity index (χ3n) is 2.95. The lowest BCUT2D eigenvalue weighted by molar-refractivity contribution is 0.0948. The number of halogens is 1. The zero-order valence-electron chi connectivity index (χ0n) is 11.2. The molecule has 0 saturated carbocycles. The summed E-state index contributed by atoms with van der Waals surface area (Å²) in [5.41, 5.74) is 0.302. The standard InChI is InChI=1S/C14H20ClNO3/c1-14(2,9-17)6-3-7-16-13(19)10-4-5-12(18)11(15)8-10/h4-5,8,17-18H,3,6-7,9H2,1-2H3,(H,16,19). The molecule has 0 fully saturated rings. The van der Waals surface area contributed by atoms with Gasteiger partial charge in [0.15, 0.2) is 0 Å². The zero-order valence-corrected chi connectivity index (χ0v) is 12.0. The van der Waals surface area contributed by atoms with E-state index in [2.05, 4.69) is 5.32 Å². The molecule has 0 radical (unpaired) electrons. The Labute approximate surface area is 118 Å². The Morgan fingerprint density at radius 2 is 2.11 bits per heavy atom. The van der Waals surface area contributed by atoms with Crippen molar-refractivity contribution in [3.05, 3.63) is 28.8 Å². The van der Waals surface area contributed by atoms with Crippen LogP contribution in [-0.4, -0.2) is 29.3 Å². The maximum atomic E-state index is 11.8. The first-order chi connectivity index (χ1) is 8.85. The monoisotopic (exact) mass is 285 g/mol. The van der Waals surface area contributed by atoms with E-state index in [1.54, 1.807) is 0 Å². The summed E-state index contributed by atoms with van der Waals surface area (Å²) in [6, 6.07) is 4.35. The Bertz CT molecular complexity index is 446. The highest BCUT2D eigenvalue weighted by molar-refractivity contribution is 6.32. The maximum absolute atomic E-state index is 11.8. The van der Waals surface area contributed by atoms with Gasteiger partial charge in [-0.15, -0.1) is 0 Å². The molecule has 0 atom stereocenters. The Kier molecular flexibility index (Phi) is 5.63. The molecular formula is C14H20ClNO3. The molecule has 4 nitrogen and oxygen atoms in total. The molecule has 0 heterocycles. The van der Waals surface area contributed by atoms with Crippen LogP contribution in [0.5, 0.6) is 5.75 Å². The number of carbonyl (C=O) groups excluding carboxylic acids is 1. The average Bonchev–Trinajstić information content (AvgIpc) is 2.37. The van der Waals surface area contributed by atoms with Gasteiger partial charge in [0.25, 0.3) is 5.91 Å². The van der Waals surface area contributed by atoms with Crippen molar-refractivity contribution in [1.29, 1.82) is 0 Å². The van der Waals surface area contributed by atoms with Gasteiger partial charge in [-0.3, -0.25) is 4.79 Å². The first-order valence-electron chi connectivity index (χ1n) is 6.23. The second-order valence-electron chi connectivity index (χ2n) is 5.35. The van der Waals surface area contributed by atoms with Gasteiger partial charge in [0.2, 0.25) is 0 Å². The predicted molar refractivity (Wildman–Crippen MR) is 75.6 cm³/mol. The molecule has 1 aromatic carbocycles. The summed E-state index contributed by atoms with van der Waals surface area (Å²) in [6.07, 6.45) is 1.63. The van der Waals surface area contributed by atoms with Gasteiger partial charge in [-0.1, -0.05) is 25.4 Å². The molecule has 0 aliphatic rings. The number of carbonyl (C=O) groups is 1. The number of nitrogens with one attached hydrogen (secondary N) is 1. The smallest absolute Gasteiger partial charge is 0.251 e. The number of benzene rings is 1. The topological polar surface area (TPSA) is 69.6 Å². The Morgan fingerprint density at radius 1 is 1.42 bits per heavy atom. The summed E-state index contributed by atoms with van der Waals surface area (Å²) in [4.78, 5) is 11.8. The fraction of sp³-hybridized carbons (Fsp3) is 0.500. The largest absolute Gasteiger partial charge is 0.506 e. The number of phenolic OH excluding ortho intramolecular Hbond substituents is 1. The molecule has 1 rings (SSSR count). The van der Waals surface area contributed by atoms with E-state index < -0.39 is 0 Å². The van der Waals surface area contributed by atoms with E-state index in [0.29, 0.717) is 12.1 Å². The molecule has 1 aromatic rings. The maximum Gasteiger partial charge on any atom is 0.251 e. The van der Waals surface area contributed by atoms with Gasteiger partial charge in [0.05, 0.1) is 5.02 Å². The van der Waals surface area contributed by atoms with E-state index in [9.17, 15) is 9.90 Å². The second kappa shape index (κ2) is 6.78. The van der Waals surface area contributed by atoms with Crippen molar-refractivity contribution in [2.75, 3.05) is 13.2 Å². The van der Waals surface area contributed by atoms with Crippen LogP contribution in [0.1, 0.15) is 37.0 Å². The number of aliphatic hydroxyl groups excluding tert-OH is 1. The van der Waals surface area contributed by atoms with E-state index in [0.717, 1.165) is 12.8 Å². The summed E-state index contributed by atoms with van der Waals surface area (Å²) in [5, 5.41) is 21.3. The van der Waals surface area contributed by atoms with Crippen molar-refractivity contribution >= 4 is 17.5 Å². The number of aliphatic hydroxyl groups is 1. The minimum atomic E-state index is -0.219. The van der Waals surface area contributed by atoms with Crippen molar-refractivity contribution in [2.45, 2.75) is 26.7 Å². The van der Waals surface area contributed by atoms with E-state index in [-0.39, 0.29) is 28.7 Å². The molecule has 19 heavy (non-hydrogen) atoms. The van der Waals surface area contributed by atoms with Gasteiger partial charge in [-0.25, -0.2) is 0 Å². The lowest BCUT2D eigenvalue weighted by Crippen LogP contribution is -2.26. The van der Waals surface area contributed by atoms with Crippen molar-refractivity contribution in [3.63, 3.8) is 0 Å². The van der Waals surface area contributed by atoms with Crippen molar-refractivity contribution < 1.29 is 15.0 Å². The number of amides is 1. The second-order valence-corrected chi connectivity index (χ2v) is 5.76. The molecule has 0 unspecified atom stereocenters. The molecule has 106 valence electrons. The van der Waals surface area contributed by atoms with Gasteiger partial charge in [0, 0.05) is 18.7 Å². The van der Waals surface area contributed by atoms with Crippen LogP contribution in [0.25, 0.3) is 0 Å². The minimum Gasteiger partial charge on any atom is -0.506 e. The Hall–Kier alpha value is -1.26. The van der Waals surface area contributed by atoms with E-state index >= 15 is 0 Å². The lowest BCUT2D eigenvalue weighted by atomic mass is 9.89. The van der Waals surface area contributed by atoms with Crippen LogP contribution in [0, 0.1) is 5.41 Å². The molecule has 0 spiro atoms. The fourth-order valence-electron chi connectivity index (χ4n) is 1.60. The van der Waals surface area contributed by atoms with Crippen LogP contribution >= 0.6 is 11.6 Å². The summed E-state index contributed by atoms with van der Waals surface area (Å²) < 4.78 is 0. The normalized spacial score (nSPS) is 11.4. The SMILES string of the molecule is CC(C)(CO)CCCNC(=O)c1ccc(O)c(Cl)c1. The molecule has 0 saturated heterocycles. The van der Waals surface area contributed by atoms with Crippen LogP contribution in [0.4, 0.5) is 0 Å². The van der Waals surface area contributed by atoms with Gasteiger partial charge in [0.1, 0.15) is 5.75 Å². The highest BCUT2D eigenvalue weighted by atomic mass is 35.5. The summed E-state index contributed by atoms with van der Waals surface area (Å²) in [7, 11) is 0. The van der Waals surface area contributed by atoms with Gasteiger partial charge in [-0.05, 0) is 36.5 Å². The predicted octanol–water partition coefficient (Wildman–Crippen LogP) is 2.57. The minimum absolute atomic E-state index is 0.0390. The third kappa shape index (κ3) is 5.09. The summed E-state index contributed by atoms with van der Waals surface area (Å²) >= 11 is 5.74. The highest BCUT2D eigenvalue weighted by Gasteiger charge is 2.15. The Morgan fingerprint density at radius 3 is 2.68 bits per heavy atom. The number of aromatic hydroxyl groups is 1. The van der Waals surface area contributed by atoms with Crippen LogP contribution in [0.2, 0.25) is 5.02 Å². The van der Waals surface area contributed by atoms with Gasteiger partial charge in [-0.2, -0.15) is 0 Å². The average molecular weight is 286 g/mol. The number of rotatable bonds is 6. The molecule has 3 N–H and O–H groups in total. The molecule has 0 aromatic heterocycles. The van der Waals surface area contributed by atoms with Crippen molar-refractivity contribution in [3.8, 4) is 5.75 Å². The molecule has 0 aliphatic heterocycles. The van der Waals surface area contributed by atoms with Crippen molar-refractivity contribution in [1.82, 2.24) is 5.32 Å². The molecule has 1 amide bonds. The van der Waals surface area contributed by atoms with E-state index in [4.69, 9.17) is 16.7 Å². The summed E-state index contributed by atoms with van der Waals surface area (Å²) in [6.45, 7) is 4.64. The Balaban J connectivity index is 2.41. The highest BCUT2D eigenvalue weighted by Crippen LogP contribution is 2.23. The van der Waals surface area contributed by atoms with E-state index in [1.807, 2.05) is 13.8 Å². The summed E-state index contributed by atoms with van der Waals surface area (Å²) in [5.74, 6) is -0.258. The first kappa shape index (κ1) is 15.8. The molecular weight excluding hydrogens is 266 g/mol.